The number of fused-ring (bicyclic) bond motifs is 1. The molecule has 0 spiro atoms. The van der Waals surface area contributed by atoms with Gasteiger partial charge < -0.3 is 17.0 Å². The molecule has 1 aromatic carbocycles. The Balaban J connectivity index is 0.00000147. The Kier molecular flexibility index (Phi) is 4.73. The Bertz CT molecular complexity index is 739. The predicted molar refractivity (Wildman–Crippen MR) is 79.6 cm³/mol. The zero-order chi connectivity index (χ0) is 13.2. The van der Waals surface area contributed by atoms with Gasteiger partial charge in [-0.1, -0.05) is 24.3 Å². The van der Waals surface area contributed by atoms with Gasteiger partial charge in [0.1, 0.15) is 12.7 Å². The summed E-state index contributed by atoms with van der Waals surface area (Å²) < 4.78 is 3.02. The molecule has 3 rings (SSSR count). The fraction of sp³-hybridized carbons (Fsp3) is 0.0667. The monoisotopic (exact) mass is 393 g/mol. The number of hydrogen-bond acceptors (Lipinski definition) is 2. The van der Waals surface area contributed by atoms with Gasteiger partial charge in [0, 0.05) is 23.2 Å². The third kappa shape index (κ3) is 2.99. The van der Waals surface area contributed by atoms with E-state index in [-0.39, 0.29) is 17.0 Å². The van der Waals surface area contributed by atoms with Crippen LogP contribution in [0.2, 0.25) is 0 Å². The lowest BCUT2D eigenvalue weighted by atomic mass is 10.1. The number of halogens is 2. The number of pyridine rings is 2. The van der Waals surface area contributed by atoms with E-state index in [9.17, 15) is 0 Å². The number of aromatic nitrogens is 2. The largest absolute Gasteiger partial charge is 1.00 e. The van der Waals surface area contributed by atoms with E-state index in [4.69, 9.17) is 5.73 Å². The van der Waals surface area contributed by atoms with Crippen LogP contribution in [0.25, 0.3) is 10.9 Å². The highest BCUT2D eigenvalue weighted by Crippen LogP contribution is 2.16. The van der Waals surface area contributed by atoms with E-state index in [1.807, 2.05) is 41.2 Å². The van der Waals surface area contributed by atoms with Crippen LogP contribution in [-0.4, -0.2) is 4.98 Å². The van der Waals surface area contributed by atoms with Crippen LogP contribution < -0.4 is 27.3 Å². The third-order valence-electron chi connectivity index (χ3n) is 3.08. The minimum atomic E-state index is 0. The molecule has 2 heterocycles. The maximum Gasteiger partial charge on any atom is 0.272 e. The molecule has 2 aromatic heterocycles. The van der Waals surface area contributed by atoms with E-state index in [0.717, 1.165) is 26.8 Å². The summed E-state index contributed by atoms with van der Waals surface area (Å²) in [6.45, 7) is 0.708. The second-order valence-corrected chi connectivity index (χ2v) is 5.31. The first-order valence-electron chi connectivity index (χ1n) is 6.01. The molecule has 0 aliphatic rings. The molecule has 102 valence electrons. The van der Waals surface area contributed by atoms with Crippen molar-refractivity contribution in [1.82, 2.24) is 4.98 Å². The molecule has 0 amide bonds. The number of para-hydroxylation sites is 1. The van der Waals surface area contributed by atoms with Crippen LogP contribution in [0.1, 0.15) is 5.56 Å². The molecule has 0 unspecified atom stereocenters. The molecule has 0 aliphatic carbocycles. The van der Waals surface area contributed by atoms with Gasteiger partial charge in [-0.25, -0.2) is 4.57 Å². The van der Waals surface area contributed by atoms with Crippen LogP contribution in [-0.2, 0) is 6.54 Å². The molecular formula is C15H13Br2N3. The number of nitrogens with zero attached hydrogens (tertiary/aromatic N) is 2. The Morgan fingerprint density at radius 2 is 1.90 bits per heavy atom. The number of benzene rings is 1. The van der Waals surface area contributed by atoms with Gasteiger partial charge >= 0.3 is 0 Å². The number of nitrogen functional groups attached to an aromatic ring is 1. The van der Waals surface area contributed by atoms with Gasteiger partial charge in [0.15, 0.2) is 0 Å². The summed E-state index contributed by atoms with van der Waals surface area (Å²) in [5.74, 6) is 0.733. The van der Waals surface area contributed by atoms with E-state index < -0.39 is 0 Å². The molecule has 2 N–H and O–H groups in total. The van der Waals surface area contributed by atoms with Crippen molar-refractivity contribution in [2.45, 2.75) is 6.54 Å². The van der Waals surface area contributed by atoms with Gasteiger partial charge in [0.25, 0.3) is 5.82 Å². The molecule has 3 nitrogen and oxygen atoms in total. The van der Waals surface area contributed by atoms with Crippen molar-refractivity contribution >= 4 is 32.7 Å². The number of hydrogen-bond donors (Lipinski definition) is 1. The van der Waals surface area contributed by atoms with E-state index in [2.05, 4.69) is 39.1 Å². The quantitative estimate of drug-likeness (QED) is 0.618. The molecule has 0 aliphatic heterocycles. The summed E-state index contributed by atoms with van der Waals surface area (Å²) >= 11 is 3.47. The van der Waals surface area contributed by atoms with Crippen molar-refractivity contribution in [2.24, 2.45) is 0 Å². The molecule has 5 heteroatoms. The molecular weight excluding hydrogens is 382 g/mol. The zero-order valence-electron chi connectivity index (χ0n) is 10.6. The highest BCUT2D eigenvalue weighted by Gasteiger charge is 2.09. The Morgan fingerprint density at radius 1 is 1.10 bits per heavy atom. The van der Waals surface area contributed by atoms with Crippen LogP contribution in [0, 0.1) is 0 Å². The van der Waals surface area contributed by atoms with Crippen LogP contribution >= 0.6 is 15.9 Å². The van der Waals surface area contributed by atoms with Crippen molar-refractivity contribution in [3.8, 4) is 0 Å². The summed E-state index contributed by atoms with van der Waals surface area (Å²) in [7, 11) is 0. The maximum atomic E-state index is 6.00. The highest BCUT2D eigenvalue weighted by molar-refractivity contribution is 9.10. The Labute approximate surface area is 136 Å². The van der Waals surface area contributed by atoms with Crippen molar-refractivity contribution in [1.29, 1.82) is 0 Å². The maximum absolute atomic E-state index is 6.00. The molecule has 0 saturated heterocycles. The molecule has 0 radical (unpaired) electrons. The van der Waals surface area contributed by atoms with Crippen LogP contribution in [0.4, 0.5) is 5.82 Å². The average Bonchev–Trinajstić information content (AvgIpc) is 2.43. The van der Waals surface area contributed by atoms with Gasteiger partial charge in [-0.05, 0) is 28.1 Å². The lowest BCUT2D eigenvalue weighted by Gasteiger charge is -2.06. The first-order chi connectivity index (χ1) is 9.24. The molecule has 20 heavy (non-hydrogen) atoms. The summed E-state index contributed by atoms with van der Waals surface area (Å²) in [5.41, 5.74) is 8.19. The van der Waals surface area contributed by atoms with E-state index in [0.29, 0.717) is 6.54 Å². The molecule has 0 bridgehead atoms. The first-order valence-corrected chi connectivity index (χ1v) is 6.80. The van der Waals surface area contributed by atoms with E-state index in [1.165, 1.54) is 0 Å². The highest BCUT2D eigenvalue weighted by atomic mass is 79.9. The fourth-order valence-corrected chi connectivity index (χ4v) is 2.52. The average molecular weight is 395 g/mol. The molecule has 0 atom stereocenters. The summed E-state index contributed by atoms with van der Waals surface area (Å²) in [4.78, 5) is 4.46. The second-order valence-electron chi connectivity index (χ2n) is 4.39. The van der Waals surface area contributed by atoms with Crippen molar-refractivity contribution < 1.29 is 21.5 Å². The van der Waals surface area contributed by atoms with Crippen molar-refractivity contribution in [3.63, 3.8) is 0 Å². The van der Waals surface area contributed by atoms with Crippen molar-refractivity contribution in [2.75, 3.05) is 5.73 Å². The van der Waals surface area contributed by atoms with Crippen LogP contribution in [0.15, 0.2) is 59.3 Å². The zero-order valence-corrected chi connectivity index (χ0v) is 13.8. The molecule has 0 saturated carbocycles. The van der Waals surface area contributed by atoms with E-state index >= 15 is 0 Å². The van der Waals surface area contributed by atoms with Crippen LogP contribution in [0.5, 0.6) is 0 Å². The molecule has 3 aromatic rings. The third-order valence-corrected chi connectivity index (χ3v) is 3.55. The lowest BCUT2D eigenvalue weighted by molar-refractivity contribution is -0.674. The van der Waals surface area contributed by atoms with Crippen LogP contribution in [0.3, 0.4) is 0 Å². The SMILES string of the molecule is Nc1ccc(Br)c[n+]1Cc1cccc2cccnc12.[Br-]. The Morgan fingerprint density at radius 3 is 2.75 bits per heavy atom. The minimum absolute atomic E-state index is 0. The van der Waals surface area contributed by atoms with Gasteiger partial charge in [0.2, 0.25) is 0 Å². The van der Waals surface area contributed by atoms with E-state index in [1.54, 1.807) is 0 Å². The predicted octanol–water partition coefficient (Wildman–Crippen LogP) is -0.0807. The summed E-state index contributed by atoms with van der Waals surface area (Å²) in [6.07, 6.45) is 3.80. The second kappa shape index (κ2) is 6.33. The lowest BCUT2D eigenvalue weighted by Crippen LogP contribution is -3.00. The summed E-state index contributed by atoms with van der Waals surface area (Å²) in [5, 5.41) is 1.15. The first kappa shape index (κ1) is 14.9. The minimum Gasteiger partial charge on any atom is -1.00 e. The Hall–Kier alpha value is -1.46. The molecule has 0 fully saturated rings. The number of rotatable bonds is 2. The standard InChI is InChI=1S/C15H12BrN3.BrH/c16-13-6-7-14(17)19(10-13)9-12-4-1-3-11-5-2-8-18-15(11)12;/h1-8,10,17H,9H2;1H. The van der Waals surface area contributed by atoms with Gasteiger partial charge in [-0.3, -0.25) is 10.7 Å². The van der Waals surface area contributed by atoms with Crippen molar-refractivity contribution in [3.05, 3.63) is 64.9 Å². The summed E-state index contributed by atoms with van der Waals surface area (Å²) in [6, 6.07) is 14.1. The smallest absolute Gasteiger partial charge is 0.272 e. The topological polar surface area (TPSA) is 42.8 Å². The fourth-order valence-electron chi connectivity index (χ4n) is 2.14. The van der Waals surface area contributed by atoms with Gasteiger partial charge in [-0.15, -0.1) is 0 Å². The van der Waals surface area contributed by atoms with Gasteiger partial charge in [0.05, 0.1) is 9.99 Å². The van der Waals surface area contributed by atoms with Gasteiger partial charge in [-0.2, -0.15) is 0 Å². The number of anilines is 1. The number of nitrogens with two attached hydrogens (primary N) is 1. The normalized spacial score (nSPS) is 10.2.